The number of nitro groups is 1. The molecule has 0 aliphatic rings. The summed E-state index contributed by atoms with van der Waals surface area (Å²) >= 11 is 0. The Morgan fingerprint density at radius 2 is 1.79 bits per heavy atom. The molecule has 0 saturated heterocycles. The predicted molar refractivity (Wildman–Crippen MR) is 109 cm³/mol. The molecule has 2 N–H and O–H groups in total. The normalized spacial score (nSPS) is 10.9. The topological polar surface area (TPSA) is 98.0 Å². The third-order valence-electron chi connectivity index (χ3n) is 3.89. The van der Waals surface area contributed by atoms with Crippen LogP contribution in [0.1, 0.15) is 11.1 Å². The van der Waals surface area contributed by atoms with E-state index in [0.717, 1.165) is 11.1 Å². The Bertz CT molecular complexity index is 835. The molecule has 0 aliphatic heterocycles. The molecule has 0 aromatic heterocycles. The lowest BCUT2D eigenvalue weighted by atomic mass is 10.2. The van der Waals surface area contributed by atoms with Gasteiger partial charge in [-0.05, 0) is 23.3 Å². The van der Waals surface area contributed by atoms with Crippen molar-refractivity contribution in [2.45, 2.75) is 13.1 Å². The lowest BCUT2D eigenvalue weighted by Crippen LogP contribution is -2.37. The maximum atomic E-state index is 10.7. The Morgan fingerprint density at radius 1 is 1.11 bits per heavy atom. The fourth-order valence-corrected chi connectivity index (χ4v) is 2.41. The van der Waals surface area contributed by atoms with Crippen molar-refractivity contribution >= 4 is 11.6 Å². The summed E-state index contributed by atoms with van der Waals surface area (Å²) in [7, 11) is 3.18. The molecule has 0 aliphatic carbocycles. The largest absolute Gasteiger partial charge is 0.493 e. The van der Waals surface area contributed by atoms with E-state index in [0.29, 0.717) is 37.1 Å². The van der Waals surface area contributed by atoms with Crippen LogP contribution in [0, 0.1) is 10.1 Å². The molecular formula is C20H24N4O4. The van der Waals surface area contributed by atoms with Gasteiger partial charge < -0.3 is 20.1 Å². The van der Waals surface area contributed by atoms with Gasteiger partial charge >= 0.3 is 0 Å². The fraction of sp³-hybridized carbons (Fsp3) is 0.250. The highest BCUT2D eigenvalue weighted by molar-refractivity contribution is 5.79. The first kappa shape index (κ1) is 20.8. The van der Waals surface area contributed by atoms with E-state index >= 15 is 0 Å². The van der Waals surface area contributed by atoms with E-state index < -0.39 is 4.92 Å². The molecule has 2 rings (SSSR count). The zero-order valence-corrected chi connectivity index (χ0v) is 16.0. The molecule has 0 bridgehead atoms. The highest BCUT2D eigenvalue weighted by atomic mass is 16.6. The van der Waals surface area contributed by atoms with Crippen LogP contribution in [0.25, 0.3) is 0 Å². The molecule has 0 spiro atoms. The van der Waals surface area contributed by atoms with E-state index in [1.807, 2.05) is 18.2 Å². The molecule has 8 heteroatoms. The third kappa shape index (κ3) is 6.01. The zero-order chi connectivity index (χ0) is 20.4. The number of nitrogens with one attached hydrogen (secondary N) is 2. The van der Waals surface area contributed by atoms with Crippen LogP contribution in [0.2, 0.25) is 0 Å². The smallest absolute Gasteiger partial charge is 0.269 e. The van der Waals surface area contributed by atoms with Crippen LogP contribution in [0.3, 0.4) is 0 Å². The second kappa shape index (κ2) is 10.6. The second-order valence-corrected chi connectivity index (χ2v) is 5.80. The highest BCUT2D eigenvalue weighted by Crippen LogP contribution is 2.27. The predicted octanol–water partition coefficient (Wildman–Crippen LogP) is 3.03. The Balaban J connectivity index is 2.05. The van der Waals surface area contributed by atoms with Crippen LogP contribution in [0.5, 0.6) is 11.5 Å². The monoisotopic (exact) mass is 384 g/mol. The summed E-state index contributed by atoms with van der Waals surface area (Å²) in [6, 6.07) is 12.0. The van der Waals surface area contributed by atoms with Gasteiger partial charge in [0.05, 0.1) is 25.7 Å². The van der Waals surface area contributed by atoms with Crippen molar-refractivity contribution in [1.29, 1.82) is 0 Å². The van der Waals surface area contributed by atoms with E-state index in [9.17, 15) is 10.1 Å². The number of methoxy groups -OCH3 is 2. The minimum atomic E-state index is -0.418. The summed E-state index contributed by atoms with van der Waals surface area (Å²) in [5, 5.41) is 17.1. The number of hydrogen-bond acceptors (Lipinski definition) is 5. The molecule has 0 amide bonds. The van der Waals surface area contributed by atoms with Crippen molar-refractivity contribution in [3.8, 4) is 11.5 Å². The van der Waals surface area contributed by atoms with Gasteiger partial charge in [-0.1, -0.05) is 24.3 Å². The Kier molecular flexibility index (Phi) is 7.83. The first-order valence-corrected chi connectivity index (χ1v) is 8.64. The first-order chi connectivity index (χ1) is 13.6. The van der Waals surface area contributed by atoms with Crippen LogP contribution in [-0.4, -0.2) is 31.6 Å². The second-order valence-electron chi connectivity index (χ2n) is 5.80. The van der Waals surface area contributed by atoms with E-state index in [1.54, 1.807) is 32.4 Å². The molecule has 8 nitrogen and oxygen atoms in total. The number of benzene rings is 2. The number of nitrogens with zero attached hydrogens (tertiary/aromatic N) is 2. The molecular weight excluding hydrogens is 360 g/mol. The van der Waals surface area contributed by atoms with Crippen LogP contribution in [0.4, 0.5) is 5.69 Å². The molecule has 0 atom stereocenters. The van der Waals surface area contributed by atoms with E-state index in [1.165, 1.54) is 12.1 Å². The lowest BCUT2D eigenvalue weighted by molar-refractivity contribution is -0.384. The minimum Gasteiger partial charge on any atom is -0.493 e. The van der Waals surface area contributed by atoms with Crippen LogP contribution in [-0.2, 0) is 13.1 Å². The number of non-ortho nitro benzene ring substituents is 1. The molecule has 0 unspecified atom stereocenters. The standard InChI is InChI=1S/C20H24N4O4/c1-4-11-21-20(22-13-15-5-8-17(9-6-15)24(25)26)23-14-16-7-10-18(27-2)19(12-16)28-3/h4-10,12H,1,11,13-14H2,2-3H3,(H2,21,22,23). The Labute approximate surface area is 164 Å². The Morgan fingerprint density at radius 3 is 2.39 bits per heavy atom. The highest BCUT2D eigenvalue weighted by Gasteiger charge is 2.06. The van der Waals surface area contributed by atoms with Crippen molar-refractivity contribution in [3.05, 3.63) is 76.4 Å². The number of hydrogen-bond donors (Lipinski definition) is 2. The SMILES string of the molecule is C=CCNC(=NCc1ccc(OC)c(OC)c1)NCc1ccc([N+](=O)[O-])cc1. The number of aliphatic imine (C=N–C) groups is 1. The van der Waals surface area contributed by atoms with Crippen molar-refractivity contribution < 1.29 is 14.4 Å². The third-order valence-corrected chi connectivity index (χ3v) is 3.89. The minimum absolute atomic E-state index is 0.0656. The van der Waals surface area contributed by atoms with Crippen molar-refractivity contribution in [3.63, 3.8) is 0 Å². The number of nitro benzene ring substituents is 1. The molecule has 0 fully saturated rings. The Hall–Kier alpha value is -3.55. The van der Waals surface area contributed by atoms with Gasteiger partial charge in [0.1, 0.15) is 0 Å². The first-order valence-electron chi connectivity index (χ1n) is 8.64. The summed E-state index contributed by atoms with van der Waals surface area (Å²) in [6.45, 7) is 5.17. The van der Waals surface area contributed by atoms with Crippen LogP contribution >= 0.6 is 0 Å². The quantitative estimate of drug-likeness (QED) is 0.227. The van der Waals surface area contributed by atoms with Gasteiger partial charge in [-0.2, -0.15) is 0 Å². The molecule has 0 saturated carbocycles. The van der Waals surface area contributed by atoms with Gasteiger partial charge in [0.15, 0.2) is 17.5 Å². The maximum absolute atomic E-state index is 10.7. The molecule has 148 valence electrons. The summed E-state index contributed by atoms with van der Waals surface area (Å²) in [6.07, 6.45) is 1.74. The van der Waals surface area contributed by atoms with Crippen LogP contribution < -0.4 is 20.1 Å². The van der Waals surface area contributed by atoms with Gasteiger partial charge in [0.2, 0.25) is 0 Å². The van der Waals surface area contributed by atoms with Gasteiger partial charge in [-0.15, -0.1) is 6.58 Å². The molecule has 2 aromatic carbocycles. The zero-order valence-electron chi connectivity index (χ0n) is 16.0. The van der Waals surface area contributed by atoms with Gasteiger partial charge in [0.25, 0.3) is 5.69 Å². The summed E-state index contributed by atoms with van der Waals surface area (Å²) < 4.78 is 10.6. The van der Waals surface area contributed by atoms with Gasteiger partial charge in [-0.3, -0.25) is 10.1 Å². The molecule has 0 heterocycles. The average Bonchev–Trinajstić information content (AvgIpc) is 2.73. The summed E-state index contributed by atoms with van der Waals surface area (Å²) in [4.78, 5) is 14.9. The molecule has 28 heavy (non-hydrogen) atoms. The lowest BCUT2D eigenvalue weighted by Gasteiger charge is -2.12. The van der Waals surface area contributed by atoms with Crippen LogP contribution in [0.15, 0.2) is 60.1 Å². The average molecular weight is 384 g/mol. The van der Waals surface area contributed by atoms with E-state index in [-0.39, 0.29) is 5.69 Å². The van der Waals surface area contributed by atoms with Crippen molar-refractivity contribution in [2.24, 2.45) is 4.99 Å². The number of ether oxygens (including phenoxy) is 2. The van der Waals surface area contributed by atoms with Crippen molar-refractivity contribution in [1.82, 2.24) is 10.6 Å². The van der Waals surface area contributed by atoms with Gasteiger partial charge in [0, 0.05) is 25.2 Å². The van der Waals surface area contributed by atoms with Gasteiger partial charge in [-0.25, -0.2) is 4.99 Å². The number of rotatable bonds is 9. The van der Waals surface area contributed by atoms with Crippen molar-refractivity contribution in [2.75, 3.05) is 20.8 Å². The molecule has 2 aromatic rings. The number of guanidine groups is 1. The van der Waals surface area contributed by atoms with E-state index in [4.69, 9.17) is 9.47 Å². The van der Waals surface area contributed by atoms with E-state index in [2.05, 4.69) is 22.2 Å². The fourth-order valence-electron chi connectivity index (χ4n) is 2.41. The maximum Gasteiger partial charge on any atom is 0.269 e. The summed E-state index contributed by atoms with van der Waals surface area (Å²) in [5.41, 5.74) is 1.94. The summed E-state index contributed by atoms with van der Waals surface area (Å²) in [5.74, 6) is 1.92. The molecule has 0 radical (unpaired) electrons.